The molecule has 2 aromatic heterocycles. The maximum Gasteiger partial charge on any atom is 0.269 e. The lowest BCUT2D eigenvalue weighted by Gasteiger charge is -2.14. The minimum absolute atomic E-state index is 0.00307. The van der Waals surface area contributed by atoms with Crippen LogP contribution >= 0.6 is 0 Å². The Morgan fingerprint density at radius 1 is 1.30 bits per heavy atom. The molecule has 0 unspecified atom stereocenters. The standard InChI is InChI=1S/C16H22N6O/c1-9-4-11(3)21-14(5-9)22-13-6-12(19-7-10(2)17)8-20-15(13)16(18)23/h4-6,8,10,19H,7,17H2,1-3H3,(H2,18,23)(H,21,22)/t10-/m0/s1. The van der Waals surface area contributed by atoms with Gasteiger partial charge in [-0.15, -0.1) is 0 Å². The number of carbonyl (C=O) groups is 1. The summed E-state index contributed by atoms with van der Waals surface area (Å²) in [6, 6.07) is 5.64. The molecule has 2 aromatic rings. The summed E-state index contributed by atoms with van der Waals surface area (Å²) in [6.45, 7) is 6.38. The van der Waals surface area contributed by atoms with Crippen LogP contribution in [0.1, 0.15) is 28.7 Å². The molecule has 6 N–H and O–H groups in total. The van der Waals surface area contributed by atoms with E-state index in [1.807, 2.05) is 32.9 Å². The molecule has 0 aliphatic rings. The number of aryl methyl sites for hydroxylation is 2. The van der Waals surface area contributed by atoms with E-state index in [0.717, 1.165) is 16.9 Å². The number of anilines is 3. The van der Waals surface area contributed by atoms with Gasteiger partial charge >= 0.3 is 0 Å². The highest BCUT2D eigenvalue weighted by Crippen LogP contribution is 2.22. The molecule has 0 aliphatic heterocycles. The fourth-order valence-electron chi connectivity index (χ4n) is 2.18. The van der Waals surface area contributed by atoms with Crippen molar-refractivity contribution in [1.29, 1.82) is 0 Å². The van der Waals surface area contributed by atoms with Crippen LogP contribution in [-0.2, 0) is 0 Å². The maximum absolute atomic E-state index is 11.6. The number of nitrogens with two attached hydrogens (primary N) is 2. The van der Waals surface area contributed by atoms with E-state index in [-0.39, 0.29) is 11.7 Å². The number of hydrogen-bond acceptors (Lipinski definition) is 6. The van der Waals surface area contributed by atoms with Crippen molar-refractivity contribution < 1.29 is 4.79 Å². The van der Waals surface area contributed by atoms with Crippen LogP contribution in [0.15, 0.2) is 24.4 Å². The number of nitrogens with zero attached hydrogens (tertiary/aromatic N) is 2. The fourth-order valence-corrected chi connectivity index (χ4v) is 2.18. The summed E-state index contributed by atoms with van der Waals surface area (Å²) < 4.78 is 0. The van der Waals surface area contributed by atoms with Crippen LogP contribution < -0.4 is 22.1 Å². The number of pyridine rings is 2. The molecule has 7 heteroatoms. The van der Waals surface area contributed by atoms with Gasteiger partial charge in [0.2, 0.25) is 0 Å². The molecule has 7 nitrogen and oxygen atoms in total. The quantitative estimate of drug-likeness (QED) is 0.644. The zero-order valence-electron chi connectivity index (χ0n) is 13.6. The average Bonchev–Trinajstić information content (AvgIpc) is 2.43. The van der Waals surface area contributed by atoms with E-state index in [0.29, 0.717) is 18.1 Å². The molecule has 0 aromatic carbocycles. The minimum Gasteiger partial charge on any atom is -0.382 e. The third-order valence-electron chi connectivity index (χ3n) is 3.11. The van der Waals surface area contributed by atoms with E-state index in [1.165, 1.54) is 0 Å². The lowest BCUT2D eigenvalue weighted by atomic mass is 10.2. The molecule has 0 saturated carbocycles. The molecule has 2 rings (SSSR count). The Bertz CT molecular complexity index is 693. The Labute approximate surface area is 135 Å². The predicted molar refractivity (Wildman–Crippen MR) is 91.9 cm³/mol. The SMILES string of the molecule is Cc1cc(C)nc(Nc2cc(NC[C@H](C)N)cnc2C(N)=O)c1. The largest absolute Gasteiger partial charge is 0.382 e. The van der Waals surface area contributed by atoms with Crippen molar-refractivity contribution in [2.24, 2.45) is 11.5 Å². The Balaban J connectivity index is 2.33. The summed E-state index contributed by atoms with van der Waals surface area (Å²) in [6.07, 6.45) is 1.56. The molecule has 0 bridgehead atoms. The molecule has 0 radical (unpaired) electrons. The van der Waals surface area contributed by atoms with Crippen LogP contribution in [0.25, 0.3) is 0 Å². The monoisotopic (exact) mass is 314 g/mol. The molecule has 1 amide bonds. The van der Waals surface area contributed by atoms with Crippen molar-refractivity contribution in [3.63, 3.8) is 0 Å². The van der Waals surface area contributed by atoms with Crippen LogP contribution in [-0.4, -0.2) is 28.5 Å². The normalized spacial score (nSPS) is 11.8. The molecule has 2 heterocycles. The van der Waals surface area contributed by atoms with Gasteiger partial charge in [-0.1, -0.05) is 0 Å². The van der Waals surface area contributed by atoms with Gasteiger partial charge in [0.25, 0.3) is 5.91 Å². The molecule has 0 saturated heterocycles. The summed E-state index contributed by atoms with van der Waals surface area (Å²) in [5, 5.41) is 6.28. The molecule has 0 fully saturated rings. The zero-order chi connectivity index (χ0) is 17.0. The van der Waals surface area contributed by atoms with Gasteiger partial charge in [0.05, 0.1) is 17.6 Å². The lowest BCUT2D eigenvalue weighted by molar-refractivity contribution is 0.0996. The number of nitrogens with one attached hydrogen (secondary N) is 2. The van der Waals surface area contributed by atoms with Gasteiger partial charge in [-0.2, -0.15) is 0 Å². The van der Waals surface area contributed by atoms with Crippen LogP contribution in [0.5, 0.6) is 0 Å². The first-order valence-corrected chi connectivity index (χ1v) is 7.37. The van der Waals surface area contributed by atoms with Gasteiger partial charge in [-0.25, -0.2) is 9.97 Å². The van der Waals surface area contributed by atoms with E-state index in [2.05, 4.69) is 20.6 Å². The van der Waals surface area contributed by atoms with Gasteiger partial charge in [-0.3, -0.25) is 4.79 Å². The van der Waals surface area contributed by atoms with Crippen molar-refractivity contribution in [1.82, 2.24) is 9.97 Å². The van der Waals surface area contributed by atoms with E-state index >= 15 is 0 Å². The molecular weight excluding hydrogens is 292 g/mol. The van der Waals surface area contributed by atoms with E-state index < -0.39 is 5.91 Å². The van der Waals surface area contributed by atoms with Crippen molar-refractivity contribution >= 4 is 23.1 Å². The van der Waals surface area contributed by atoms with Crippen molar-refractivity contribution in [2.45, 2.75) is 26.8 Å². The first-order valence-electron chi connectivity index (χ1n) is 7.37. The number of hydrogen-bond donors (Lipinski definition) is 4. The van der Waals surface area contributed by atoms with Crippen molar-refractivity contribution in [3.05, 3.63) is 41.3 Å². The molecular formula is C16H22N6O. The molecule has 1 atom stereocenters. The summed E-state index contributed by atoms with van der Waals surface area (Å²) in [5.41, 5.74) is 14.5. The number of primary amides is 1. The van der Waals surface area contributed by atoms with Crippen LogP contribution in [0.3, 0.4) is 0 Å². The summed E-state index contributed by atoms with van der Waals surface area (Å²) in [5.74, 6) is 0.0340. The van der Waals surface area contributed by atoms with E-state index in [1.54, 1.807) is 12.3 Å². The summed E-state index contributed by atoms with van der Waals surface area (Å²) in [7, 11) is 0. The third kappa shape index (κ3) is 4.65. The smallest absolute Gasteiger partial charge is 0.269 e. The number of carbonyl (C=O) groups excluding carboxylic acids is 1. The lowest BCUT2D eigenvalue weighted by Crippen LogP contribution is -2.25. The van der Waals surface area contributed by atoms with Crippen molar-refractivity contribution in [2.75, 3.05) is 17.2 Å². The molecule has 0 spiro atoms. The highest BCUT2D eigenvalue weighted by atomic mass is 16.1. The maximum atomic E-state index is 11.6. The number of amides is 1. The number of rotatable bonds is 6. The molecule has 0 aliphatic carbocycles. The van der Waals surface area contributed by atoms with Crippen molar-refractivity contribution in [3.8, 4) is 0 Å². The van der Waals surface area contributed by atoms with Gasteiger partial charge in [0.1, 0.15) is 5.82 Å². The molecule has 122 valence electrons. The van der Waals surface area contributed by atoms with Crippen LogP contribution in [0, 0.1) is 13.8 Å². The highest BCUT2D eigenvalue weighted by Gasteiger charge is 2.12. The third-order valence-corrected chi connectivity index (χ3v) is 3.11. The van der Waals surface area contributed by atoms with E-state index in [9.17, 15) is 4.79 Å². The molecule has 23 heavy (non-hydrogen) atoms. The first-order chi connectivity index (χ1) is 10.8. The Hall–Kier alpha value is -2.67. The van der Waals surface area contributed by atoms with Gasteiger partial charge < -0.3 is 22.1 Å². The average molecular weight is 314 g/mol. The minimum atomic E-state index is -0.601. The van der Waals surface area contributed by atoms with Gasteiger partial charge in [-0.05, 0) is 44.5 Å². The van der Waals surface area contributed by atoms with Crippen LogP contribution in [0.2, 0.25) is 0 Å². The number of aromatic nitrogens is 2. The Kier molecular flexibility index (Phi) is 5.13. The first kappa shape index (κ1) is 16.7. The topological polar surface area (TPSA) is 119 Å². The second kappa shape index (κ2) is 7.06. The predicted octanol–water partition coefficient (Wildman–Crippen LogP) is 1.70. The Morgan fingerprint density at radius 3 is 2.65 bits per heavy atom. The second-order valence-electron chi connectivity index (χ2n) is 5.64. The summed E-state index contributed by atoms with van der Waals surface area (Å²) >= 11 is 0. The zero-order valence-corrected chi connectivity index (χ0v) is 13.6. The summed E-state index contributed by atoms with van der Waals surface area (Å²) in [4.78, 5) is 20.1. The van der Waals surface area contributed by atoms with Crippen LogP contribution in [0.4, 0.5) is 17.2 Å². The fraction of sp³-hybridized carbons (Fsp3) is 0.312. The highest BCUT2D eigenvalue weighted by molar-refractivity contribution is 5.97. The Morgan fingerprint density at radius 2 is 2.04 bits per heavy atom. The second-order valence-corrected chi connectivity index (χ2v) is 5.64. The van der Waals surface area contributed by atoms with E-state index in [4.69, 9.17) is 11.5 Å². The van der Waals surface area contributed by atoms with Gasteiger partial charge in [0, 0.05) is 18.3 Å². The van der Waals surface area contributed by atoms with Gasteiger partial charge in [0.15, 0.2) is 5.69 Å².